The number of nitrogens with one attached hydrogen (secondary N) is 3. The van der Waals surface area contributed by atoms with E-state index >= 15 is 0 Å². The lowest BCUT2D eigenvalue weighted by Gasteiger charge is -2.03. The van der Waals surface area contributed by atoms with Crippen molar-refractivity contribution in [2.24, 2.45) is 14.1 Å². The van der Waals surface area contributed by atoms with Gasteiger partial charge in [0.15, 0.2) is 18.9 Å². The van der Waals surface area contributed by atoms with Gasteiger partial charge in [-0.3, -0.25) is 18.7 Å². The monoisotopic (exact) mass is 316 g/mol. The molecule has 0 atom stereocenters. The first-order valence-corrected chi connectivity index (χ1v) is 6.91. The van der Waals surface area contributed by atoms with E-state index in [2.05, 4.69) is 15.3 Å². The minimum absolute atomic E-state index is 0.0532. The van der Waals surface area contributed by atoms with Crippen LogP contribution >= 0.6 is 0 Å². The van der Waals surface area contributed by atoms with E-state index in [0.717, 1.165) is 4.57 Å². The van der Waals surface area contributed by atoms with E-state index in [0.29, 0.717) is 11.3 Å². The van der Waals surface area contributed by atoms with Crippen molar-refractivity contribution >= 4 is 22.8 Å². The number of aryl methyl sites for hydroxylation is 1. The number of amides is 1. The third kappa shape index (κ3) is 2.52. The van der Waals surface area contributed by atoms with Gasteiger partial charge >= 0.3 is 11.2 Å². The lowest BCUT2D eigenvalue weighted by Crippen LogP contribution is -2.46. The Labute approximate surface area is 129 Å². The van der Waals surface area contributed by atoms with Crippen molar-refractivity contribution < 1.29 is 14.3 Å². The largest absolute Gasteiger partial charge is 0.333 e. The van der Waals surface area contributed by atoms with Crippen LogP contribution in [0.4, 0.5) is 5.69 Å². The summed E-state index contributed by atoms with van der Waals surface area (Å²) in [6.45, 7) is -0.0532. The molecule has 3 aromatic rings. The molecular weight excluding hydrogens is 300 g/mol. The molecule has 0 saturated carbocycles. The van der Waals surface area contributed by atoms with Crippen molar-refractivity contribution in [1.29, 1.82) is 0 Å². The van der Waals surface area contributed by atoms with Gasteiger partial charge < -0.3 is 5.32 Å². The number of H-pyrrole nitrogens is 2. The van der Waals surface area contributed by atoms with E-state index in [-0.39, 0.29) is 18.0 Å². The molecule has 0 radical (unpaired) electrons. The minimum atomic E-state index is -0.454. The molecular formula is C14H16N6O3+2. The Bertz CT molecular complexity index is 999. The maximum absolute atomic E-state index is 12.3. The number of imidazole rings is 1. The Kier molecular flexibility index (Phi) is 3.53. The van der Waals surface area contributed by atoms with E-state index in [4.69, 9.17) is 0 Å². The highest BCUT2D eigenvalue weighted by molar-refractivity contribution is 5.89. The van der Waals surface area contributed by atoms with Crippen LogP contribution in [0.2, 0.25) is 0 Å². The fraction of sp³-hybridized carbons (Fsp3) is 0.214. The third-order valence-electron chi connectivity index (χ3n) is 3.59. The number of rotatable bonds is 3. The standard InChI is InChI=1S/C14H14N6O3/c1-18-12-11(13(22)19(2)14(18)23)20(8-16-12)7-10(21)17-9-4-3-5-15-6-9/h3-6,8H,7H2,1-2H3,(H,17,21)/p+2. The molecule has 0 aromatic carbocycles. The quantitative estimate of drug-likeness (QED) is 0.563. The summed E-state index contributed by atoms with van der Waals surface area (Å²) in [5, 5.41) is 2.72. The summed E-state index contributed by atoms with van der Waals surface area (Å²) in [5.74, 6) is -0.286. The summed E-state index contributed by atoms with van der Waals surface area (Å²) in [6.07, 6.45) is 4.89. The number of aromatic amines is 2. The zero-order chi connectivity index (χ0) is 16.6. The van der Waals surface area contributed by atoms with E-state index in [1.54, 1.807) is 31.6 Å². The Hall–Kier alpha value is -3.23. The van der Waals surface area contributed by atoms with Gasteiger partial charge in [0.25, 0.3) is 17.1 Å². The molecule has 1 amide bonds. The van der Waals surface area contributed by atoms with Gasteiger partial charge in [-0.05, 0) is 6.07 Å². The van der Waals surface area contributed by atoms with Crippen molar-refractivity contribution in [1.82, 2.24) is 14.1 Å². The van der Waals surface area contributed by atoms with Crippen LogP contribution in [0.25, 0.3) is 11.2 Å². The van der Waals surface area contributed by atoms with Crippen molar-refractivity contribution in [3.05, 3.63) is 51.7 Å². The number of aromatic nitrogens is 5. The second-order valence-corrected chi connectivity index (χ2v) is 5.14. The lowest BCUT2D eigenvalue weighted by atomic mass is 10.4. The van der Waals surface area contributed by atoms with Gasteiger partial charge in [-0.25, -0.2) is 19.3 Å². The molecule has 118 valence electrons. The molecule has 3 heterocycles. The first kappa shape index (κ1) is 14.7. The molecule has 3 N–H and O–H groups in total. The second kappa shape index (κ2) is 5.52. The summed E-state index contributed by atoms with van der Waals surface area (Å²) in [6, 6.07) is 3.51. The van der Waals surface area contributed by atoms with Crippen LogP contribution in [0, 0.1) is 0 Å². The second-order valence-electron chi connectivity index (χ2n) is 5.14. The highest BCUT2D eigenvalue weighted by atomic mass is 16.2. The predicted octanol–water partition coefficient (Wildman–Crippen LogP) is -1.69. The SMILES string of the molecule is Cn1c(=O)c2c([nH]c[n+]2CC(=O)Nc2ccc[nH+]c2)n(C)c1=O. The van der Waals surface area contributed by atoms with E-state index in [9.17, 15) is 14.4 Å². The molecule has 0 aliphatic heterocycles. The number of fused-ring (bicyclic) bond motifs is 1. The van der Waals surface area contributed by atoms with Crippen LogP contribution in [0.5, 0.6) is 0 Å². The van der Waals surface area contributed by atoms with Gasteiger partial charge in [-0.2, -0.15) is 0 Å². The molecule has 0 saturated heterocycles. The summed E-state index contributed by atoms with van der Waals surface area (Å²) in [4.78, 5) is 42.0. The number of pyridine rings is 1. The fourth-order valence-electron chi connectivity index (χ4n) is 2.41. The molecule has 0 aliphatic rings. The molecule has 3 aromatic heterocycles. The normalized spacial score (nSPS) is 10.9. The van der Waals surface area contributed by atoms with Crippen molar-refractivity contribution in [3.8, 4) is 0 Å². The van der Waals surface area contributed by atoms with Gasteiger partial charge in [-0.15, -0.1) is 0 Å². The van der Waals surface area contributed by atoms with Gasteiger partial charge in [-0.1, -0.05) is 0 Å². The molecule has 0 aliphatic carbocycles. The number of hydrogen-bond donors (Lipinski definition) is 2. The van der Waals surface area contributed by atoms with Gasteiger partial charge in [0.1, 0.15) is 5.69 Å². The summed E-state index contributed by atoms with van der Waals surface area (Å²) in [5.41, 5.74) is 0.382. The van der Waals surface area contributed by atoms with E-state index < -0.39 is 11.2 Å². The molecule has 3 rings (SSSR count). The molecule has 0 fully saturated rings. The average Bonchev–Trinajstić information content (AvgIpc) is 2.95. The smallest absolute Gasteiger partial charge is 0.318 e. The number of nitrogens with zero attached hydrogens (tertiary/aromatic N) is 3. The van der Waals surface area contributed by atoms with Crippen LogP contribution in [-0.4, -0.2) is 20.0 Å². The molecule has 9 nitrogen and oxygen atoms in total. The first-order valence-electron chi connectivity index (χ1n) is 6.91. The Morgan fingerprint density at radius 3 is 2.83 bits per heavy atom. The van der Waals surface area contributed by atoms with E-state index in [1.807, 2.05) is 0 Å². The van der Waals surface area contributed by atoms with Gasteiger partial charge in [0.2, 0.25) is 6.33 Å². The maximum Gasteiger partial charge on any atom is 0.333 e. The van der Waals surface area contributed by atoms with Crippen LogP contribution in [-0.2, 0) is 25.4 Å². The van der Waals surface area contributed by atoms with Crippen LogP contribution < -0.4 is 26.1 Å². The average molecular weight is 316 g/mol. The van der Waals surface area contributed by atoms with Crippen molar-refractivity contribution in [2.75, 3.05) is 5.32 Å². The van der Waals surface area contributed by atoms with Gasteiger partial charge in [0, 0.05) is 20.2 Å². The molecule has 0 bridgehead atoms. The minimum Gasteiger partial charge on any atom is -0.318 e. The van der Waals surface area contributed by atoms with Crippen LogP contribution in [0.1, 0.15) is 0 Å². The fourth-order valence-corrected chi connectivity index (χ4v) is 2.41. The lowest BCUT2D eigenvalue weighted by molar-refractivity contribution is -0.658. The Morgan fingerprint density at radius 1 is 1.35 bits per heavy atom. The Morgan fingerprint density at radius 2 is 2.13 bits per heavy atom. The highest BCUT2D eigenvalue weighted by Crippen LogP contribution is 2.01. The first-order chi connectivity index (χ1) is 11.0. The number of carbonyl (C=O) groups is 1. The number of hydrogen-bond acceptors (Lipinski definition) is 3. The molecule has 0 unspecified atom stereocenters. The Balaban J connectivity index is 1.97. The van der Waals surface area contributed by atoms with Crippen molar-refractivity contribution in [3.63, 3.8) is 0 Å². The van der Waals surface area contributed by atoms with Crippen LogP contribution in [0.3, 0.4) is 0 Å². The number of anilines is 1. The zero-order valence-electron chi connectivity index (χ0n) is 12.7. The topological polar surface area (TPSA) is 107 Å². The number of carbonyl (C=O) groups excluding carboxylic acids is 1. The van der Waals surface area contributed by atoms with Crippen molar-refractivity contribution in [2.45, 2.75) is 6.54 Å². The summed E-state index contributed by atoms with van der Waals surface area (Å²) < 4.78 is 3.83. The molecule has 0 spiro atoms. The maximum atomic E-state index is 12.3. The van der Waals surface area contributed by atoms with Gasteiger partial charge in [0.05, 0.1) is 0 Å². The summed E-state index contributed by atoms with van der Waals surface area (Å²) >= 11 is 0. The molecule has 23 heavy (non-hydrogen) atoms. The molecule has 9 heteroatoms. The highest BCUT2D eigenvalue weighted by Gasteiger charge is 2.21. The summed E-state index contributed by atoms with van der Waals surface area (Å²) in [7, 11) is 2.96. The van der Waals surface area contributed by atoms with E-state index in [1.165, 1.54) is 22.5 Å². The van der Waals surface area contributed by atoms with Crippen LogP contribution in [0.15, 0.2) is 40.4 Å². The predicted molar refractivity (Wildman–Crippen MR) is 80.6 cm³/mol. The third-order valence-corrected chi connectivity index (χ3v) is 3.59. The zero-order valence-corrected chi connectivity index (χ0v) is 12.7.